The van der Waals surface area contributed by atoms with Crippen LogP contribution in [0.4, 0.5) is 0 Å². The van der Waals surface area contributed by atoms with Crippen LogP contribution < -0.4 is 0 Å². The van der Waals surface area contributed by atoms with E-state index >= 15 is 0 Å². The molecule has 4 rings (SSSR count). The molecule has 1 aliphatic rings. The summed E-state index contributed by atoms with van der Waals surface area (Å²) in [6.07, 6.45) is 2.79. The van der Waals surface area contributed by atoms with Crippen LogP contribution in [0.5, 0.6) is 0 Å². The fraction of sp³-hybridized carbons (Fsp3) is 0.333. The molecule has 5 nitrogen and oxygen atoms in total. The van der Waals surface area contributed by atoms with Gasteiger partial charge in [0.1, 0.15) is 5.65 Å². The third-order valence-corrected chi connectivity index (χ3v) is 5.13. The fourth-order valence-electron chi connectivity index (χ4n) is 4.01. The van der Waals surface area contributed by atoms with E-state index in [1.54, 1.807) is 0 Å². The maximum absolute atomic E-state index is 11.5. The first kappa shape index (κ1) is 16.8. The quantitative estimate of drug-likeness (QED) is 0.783. The second-order valence-electron chi connectivity index (χ2n) is 7.27. The predicted molar refractivity (Wildman–Crippen MR) is 101 cm³/mol. The molecule has 1 aliphatic heterocycles. The van der Waals surface area contributed by atoms with Crippen molar-refractivity contribution in [1.29, 1.82) is 0 Å². The number of hydrogen-bond donors (Lipinski definition) is 1. The summed E-state index contributed by atoms with van der Waals surface area (Å²) in [4.78, 5) is 18.6. The number of hydrogen-bond acceptors (Lipinski definition) is 3. The largest absolute Gasteiger partial charge is 0.481 e. The number of likely N-dealkylation sites (tertiary alicyclic amines) is 1. The Hall–Kier alpha value is -2.66. The van der Waals surface area contributed by atoms with Crippen LogP contribution in [0.2, 0.25) is 0 Å². The van der Waals surface area contributed by atoms with E-state index in [2.05, 4.69) is 28.4 Å². The van der Waals surface area contributed by atoms with E-state index in [-0.39, 0.29) is 5.92 Å². The Bertz CT molecular complexity index is 919. The summed E-state index contributed by atoms with van der Waals surface area (Å²) in [5.74, 6) is -0.606. The minimum atomic E-state index is -0.692. The van der Waals surface area contributed by atoms with Crippen molar-refractivity contribution in [3.63, 3.8) is 0 Å². The highest BCUT2D eigenvalue weighted by molar-refractivity contribution is 5.70. The first-order valence-electron chi connectivity index (χ1n) is 9.08. The Morgan fingerprint density at radius 2 is 1.92 bits per heavy atom. The summed E-state index contributed by atoms with van der Waals surface area (Å²) in [5.41, 5.74) is 4.10. The first-order chi connectivity index (χ1) is 12.6. The predicted octanol–water partition coefficient (Wildman–Crippen LogP) is 3.54. The summed E-state index contributed by atoms with van der Waals surface area (Å²) in [7, 11) is 0. The highest BCUT2D eigenvalue weighted by atomic mass is 16.4. The molecular formula is C21H23N3O2. The molecule has 26 heavy (non-hydrogen) atoms. The van der Waals surface area contributed by atoms with Gasteiger partial charge in [-0.3, -0.25) is 9.69 Å². The Morgan fingerprint density at radius 3 is 2.69 bits per heavy atom. The third kappa shape index (κ3) is 3.22. The molecular weight excluding hydrogens is 326 g/mol. The van der Waals surface area contributed by atoms with Crippen molar-refractivity contribution < 1.29 is 9.90 Å². The molecule has 0 radical (unpaired) electrons. The van der Waals surface area contributed by atoms with Gasteiger partial charge < -0.3 is 9.51 Å². The fourth-order valence-corrected chi connectivity index (χ4v) is 4.01. The molecule has 1 N–H and O–H groups in total. The van der Waals surface area contributed by atoms with Crippen molar-refractivity contribution >= 4 is 11.6 Å². The van der Waals surface area contributed by atoms with E-state index in [4.69, 9.17) is 4.98 Å². The van der Waals surface area contributed by atoms with Crippen molar-refractivity contribution in [3.05, 3.63) is 60.4 Å². The molecule has 1 fully saturated rings. The number of benzene rings is 1. The second-order valence-corrected chi connectivity index (χ2v) is 7.27. The van der Waals surface area contributed by atoms with Gasteiger partial charge in [-0.2, -0.15) is 0 Å². The van der Waals surface area contributed by atoms with Gasteiger partial charge in [0, 0.05) is 31.4 Å². The minimum absolute atomic E-state index is 0.293. The van der Waals surface area contributed by atoms with E-state index < -0.39 is 5.97 Å². The zero-order valence-electron chi connectivity index (χ0n) is 14.9. The van der Waals surface area contributed by atoms with Crippen LogP contribution in [-0.4, -0.2) is 38.4 Å². The topological polar surface area (TPSA) is 57.8 Å². The molecule has 3 heterocycles. The lowest BCUT2D eigenvalue weighted by Gasteiger charge is -2.34. The zero-order valence-corrected chi connectivity index (χ0v) is 14.9. The summed E-state index contributed by atoms with van der Waals surface area (Å²) in [6.45, 7) is 4.34. The van der Waals surface area contributed by atoms with Crippen LogP contribution in [0.15, 0.2) is 54.7 Å². The molecule has 0 spiro atoms. The summed E-state index contributed by atoms with van der Waals surface area (Å²) < 4.78 is 2.12. The Balaban J connectivity index is 1.72. The molecule has 1 aromatic carbocycles. The van der Waals surface area contributed by atoms with E-state index in [9.17, 15) is 9.90 Å². The third-order valence-electron chi connectivity index (χ3n) is 5.13. The van der Waals surface area contributed by atoms with Crippen LogP contribution >= 0.6 is 0 Å². The minimum Gasteiger partial charge on any atom is -0.481 e. The van der Waals surface area contributed by atoms with Gasteiger partial charge in [0.25, 0.3) is 0 Å². The Kier molecular flexibility index (Phi) is 4.47. The van der Waals surface area contributed by atoms with Gasteiger partial charge in [0.2, 0.25) is 0 Å². The second kappa shape index (κ2) is 6.92. The molecule has 0 saturated carbocycles. The number of carboxylic acid groups (broad SMARTS) is 1. The van der Waals surface area contributed by atoms with Crippen LogP contribution in [0.3, 0.4) is 0 Å². The zero-order chi connectivity index (χ0) is 18.1. The number of aromatic nitrogens is 2. The summed E-state index contributed by atoms with van der Waals surface area (Å²) in [6, 6.07) is 16.2. The highest BCUT2D eigenvalue weighted by Gasteiger charge is 2.30. The molecule has 2 aromatic heterocycles. The van der Waals surface area contributed by atoms with Gasteiger partial charge in [0.15, 0.2) is 0 Å². The number of piperidine rings is 1. The number of imidazole rings is 1. The maximum atomic E-state index is 11.5. The smallest absolute Gasteiger partial charge is 0.307 e. The molecule has 0 amide bonds. The first-order valence-corrected chi connectivity index (χ1v) is 9.08. The van der Waals surface area contributed by atoms with Crippen molar-refractivity contribution in [1.82, 2.24) is 14.3 Å². The number of fused-ring (bicyclic) bond motifs is 1. The average molecular weight is 349 g/mol. The summed E-state index contributed by atoms with van der Waals surface area (Å²) in [5, 5.41) is 9.46. The molecule has 3 aromatic rings. The number of pyridine rings is 1. The monoisotopic (exact) mass is 349 g/mol. The van der Waals surface area contributed by atoms with E-state index in [1.165, 1.54) is 0 Å². The maximum Gasteiger partial charge on any atom is 0.307 e. The van der Waals surface area contributed by atoms with Gasteiger partial charge >= 0.3 is 5.97 Å². The number of rotatable bonds is 4. The van der Waals surface area contributed by atoms with Gasteiger partial charge in [-0.05, 0) is 24.5 Å². The molecule has 134 valence electrons. The lowest BCUT2D eigenvalue weighted by molar-refractivity contribution is -0.144. The van der Waals surface area contributed by atoms with Crippen LogP contribution in [0.25, 0.3) is 16.9 Å². The van der Waals surface area contributed by atoms with Gasteiger partial charge in [-0.15, -0.1) is 0 Å². The van der Waals surface area contributed by atoms with Crippen molar-refractivity contribution in [2.24, 2.45) is 11.8 Å². The summed E-state index contributed by atoms with van der Waals surface area (Å²) >= 11 is 0. The average Bonchev–Trinajstić information content (AvgIpc) is 3.00. The van der Waals surface area contributed by atoms with E-state index in [0.29, 0.717) is 19.0 Å². The van der Waals surface area contributed by atoms with Crippen molar-refractivity contribution in [2.45, 2.75) is 19.9 Å². The van der Waals surface area contributed by atoms with Gasteiger partial charge in [0.05, 0.1) is 17.3 Å². The van der Waals surface area contributed by atoms with Crippen LogP contribution in [0.1, 0.15) is 19.0 Å². The van der Waals surface area contributed by atoms with E-state index in [1.807, 2.05) is 42.6 Å². The number of aliphatic carboxylic acids is 1. The van der Waals surface area contributed by atoms with Gasteiger partial charge in [-0.25, -0.2) is 4.98 Å². The van der Waals surface area contributed by atoms with Gasteiger partial charge in [-0.1, -0.05) is 43.3 Å². The van der Waals surface area contributed by atoms with Crippen molar-refractivity contribution in [2.75, 3.05) is 13.1 Å². The molecule has 0 aliphatic carbocycles. The highest BCUT2D eigenvalue weighted by Crippen LogP contribution is 2.28. The standard InChI is InChI=1S/C21H23N3O2/c1-15-11-17(21(25)26)13-23(12-15)14-18-20(16-7-3-2-4-8-16)22-19-9-5-6-10-24(18)19/h2-10,15,17H,11-14H2,1H3,(H,25,26). The normalized spacial score (nSPS) is 21.1. The SMILES string of the molecule is CC1CC(C(=O)O)CN(Cc2c(-c3ccccc3)nc3ccccn23)C1. The lowest BCUT2D eigenvalue weighted by atomic mass is 9.90. The van der Waals surface area contributed by atoms with Crippen molar-refractivity contribution in [3.8, 4) is 11.3 Å². The van der Waals surface area contributed by atoms with E-state index in [0.717, 1.165) is 35.6 Å². The number of carboxylic acids is 1. The molecule has 0 bridgehead atoms. The number of carbonyl (C=O) groups is 1. The Labute approximate surface area is 152 Å². The molecule has 1 saturated heterocycles. The molecule has 2 unspecified atom stereocenters. The lowest BCUT2D eigenvalue weighted by Crippen LogP contribution is -2.42. The molecule has 5 heteroatoms. The Morgan fingerprint density at radius 1 is 1.15 bits per heavy atom. The van der Waals surface area contributed by atoms with Crippen LogP contribution in [-0.2, 0) is 11.3 Å². The number of nitrogens with zero attached hydrogens (tertiary/aromatic N) is 3. The van der Waals surface area contributed by atoms with Crippen LogP contribution in [0, 0.1) is 11.8 Å². The molecule has 2 atom stereocenters.